The van der Waals surface area contributed by atoms with Gasteiger partial charge in [-0.05, 0) is 87.0 Å². The van der Waals surface area contributed by atoms with Crippen molar-refractivity contribution in [3.05, 3.63) is 101 Å². The number of aromatic nitrogens is 1. The van der Waals surface area contributed by atoms with Crippen LogP contribution in [0.2, 0.25) is 0 Å². The molecular weight excluding hydrogens is 410 g/mol. The highest BCUT2D eigenvalue weighted by Crippen LogP contribution is 2.41. The van der Waals surface area contributed by atoms with Crippen molar-refractivity contribution in [3.8, 4) is 16.8 Å². The van der Waals surface area contributed by atoms with Crippen LogP contribution in [0, 0.1) is 0 Å². The number of hydrogen-bond donors (Lipinski definition) is 0. The molecular formula is C33H33N. The van der Waals surface area contributed by atoms with Crippen LogP contribution in [0.5, 0.6) is 0 Å². The SMILES string of the molecule is CC(C)(C)c1ccc2c(c1)c1cc(C(C)(C)C)ccc1n2-c1ccc2c(c1)Cc1ccccc1-2. The Morgan fingerprint density at radius 1 is 0.559 bits per heavy atom. The predicted octanol–water partition coefficient (Wildman–Crippen LogP) is 8.95. The Kier molecular flexibility index (Phi) is 4.43. The highest BCUT2D eigenvalue weighted by molar-refractivity contribution is 6.10. The molecule has 1 aliphatic carbocycles. The molecule has 0 saturated carbocycles. The van der Waals surface area contributed by atoms with E-state index in [1.54, 1.807) is 0 Å². The Balaban J connectivity index is 1.62. The van der Waals surface area contributed by atoms with Gasteiger partial charge in [0.15, 0.2) is 0 Å². The van der Waals surface area contributed by atoms with Crippen molar-refractivity contribution in [1.29, 1.82) is 0 Å². The van der Waals surface area contributed by atoms with Crippen molar-refractivity contribution in [2.75, 3.05) is 0 Å². The molecule has 170 valence electrons. The summed E-state index contributed by atoms with van der Waals surface area (Å²) < 4.78 is 2.47. The molecule has 1 aliphatic rings. The minimum absolute atomic E-state index is 0.115. The van der Waals surface area contributed by atoms with Crippen molar-refractivity contribution in [1.82, 2.24) is 4.57 Å². The maximum atomic E-state index is 2.47. The number of hydrogen-bond acceptors (Lipinski definition) is 0. The van der Waals surface area contributed by atoms with Crippen LogP contribution in [0.25, 0.3) is 38.6 Å². The average molecular weight is 444 g/mol. The zero-order chi connectivity index (χ0) is 23.8. The van der Waals surface area contributed by atoms with E-state index >= 15 is 0 Å². The summed E-state index contributed by atoms with van der Waals surface area (Å²) in [6.45, 7) is 13.8. The summed E-state index contributed by atoms with van der Waals surface area (Å²) in [6.07, 6.45) is 1.01. The van der Waals surface area contributed by atoms with E-state index < -0.39 is 0 Å². The zero-order valence-electron chi connectivity index (χ0n) is 21.2. The standard InChI is InChI=1S/C33H33N/c1-32(2,3)23-11-15-30-28(19-23)29-20-24(33(4,5)6)12-16-31(29)34(30)25-13-14-27-22(18-25)17-21-9-7-8-10-26(21)27/h7-16,18-20H,17H2,1-6H3. The summed E-state index contributed by atoms with van der Waals surface area (Å²) in [5.41, 5.74) is 12.4. The first-order valence-electron chi connectivity index (χ1n) is 12.4. The predicted molar refractivity (Wildman–Crippen MR) is 146 cm³/mol. The van der Waals surface area contributed by atoms with Gasteiger partial charge in [-0.1, -0.05) is 84.0 Å². The molecule has 0 aliphatic heterocycles. The van der Waals surface area contributed by atoms with Gasteiger partial charge >= 0.3 is 0 Å². The molecule has 0 bridgehead atoms. The van der Waals surface area contributed by atoms with Crippen LogP contribution in [0.1, 0.15) is 63.8 Å². The van der Waals surface area contributed by atoms with Gasteiger partial charge in [-0.2, -0.15) is 0 Å². The number of nitrogens with zero attached hydrogens (tertiary/aromatic N) is 1. The Labute approximate surface area is 203 Å². The Morgan fingerprint density at radius 2 is 1.12 bits per heavy atom. The second-order valence-electron chi connectivity index (χ2n) is 12.0. The Morgan fingerprint density at radius 3 is 1.71 bits per heavy atom. The molecule has 0 fully saturated rings. The van der Waals surface area contributed by atoms with E-state index in [2.05, 4.69) is 125 Å². The van der Waals surface area contributed by atoms with E-state index in [0.29, 0.717) is 0 Å². The number of benzene rings is 4. The highest BCUT2D eigenvalue weighted by Gasteiger charge is 2.22. The average Bonchev–Trinajstić information content (AvgIpc) is 3.32. The minimum Gasteiger partial charge on any atom is -0.309 e. The molecule has 5 aromatic rings. The van der Waals surface area contributed by atoms with Gasteiger partial charge in [0.2, 0.25) is 0 Å². The van der Waals surface area contributed by atoms with Crippen LogP contribution in [0.15, 0.2) is 78.9 Å². The maximum absolute atomic E-state index is 2.47. The molecule has 0 spiro atoms. The van der Waals surface area contributed by atoms with Gasteiger partial charge < -0.3 is 4.57 Å². The third kappa shape index (κ3) is 3.21. The summed E-state index contributed by atoms with van der Waals surface area (Å²) >= 11 is 0. The van der Waals surface area contributed by atoms with E-state index in [4.69, 9.17) is 0 Å². The summed E-state index contributed by atoms with van der Waals surface area (Å²) in [5.74, 6) is 0. The van der Waals surface area contributed by atoms with Crippen LogP contribution < -0.4 is 0 Å². The van der Waals surface area contributed by atoms with Crippen LogP contribution >= 0.6 is 0 Å². The monoisotopic (exact) mass is 443 g/mol. The summed E-state index contributed by atoms with van der Waals surface area (Å²) in [6, 6.07) is 30.0. The zero-order valence-corrected chi connectivity index (χ0v) is 21.2. The van der Waals surface area contributed by atoms with Crippen LogP contribution in [-0.4, -0.2) is 4.57 Å². The molecule has 1 heteroatoms. The van der Waals surface area contributed by atoms with Gasteiger partial charge in [-0.15, -0.1) is 0 Å². The fourth-order valence-corrected chi connectivity index (χ4v) is 5.51. The molecule has 0 atom stereocenters. The molecule has 34 heavy (non-hydrogen) atoms. The van der Waals surface area contributed by atoms with Gasteiger partial charge in [0.1, 0.15) is 0 Å². The summed E-state index contributed by atoms with van der Waals surface area (Å²) in [4.78, 5) is 0. The van der Waals surface area contributed by atoms with Crippen LogP contribution in [-0.2, 0) is 17.3 Å². The quantitative estimate of drug-likeness (QED) is 0.239. The van der Waals surface area contributed by atoms with Crippen molar-refractivity contribution in [3.63, 3.8) is 0 Å². The topological polar surface area (TPSA) is 4.93 Å². The number of rotatable bonds is 1. The lowest BCUT2D eigenvalue weighted by atomic mass is 9.85. The first-order chi connectivity index (χ1) is 16.1. The van der Waals surface area contributed by atoms with Crippen molar-refractivity contribution in [2.45, 2.75) is 58.8 Å². The van der Waals surface area contributed by atoms with E-state index in [1.165, 1.54) is 60.9 Å². The molecule has 1 heterocycles. The van der Waals surface area contributed by atoms with E-state index in [1.807, 2.05) is 0 Å². The van der Waals surface area contributed by atoms with Crippen LogP contribution in [0.4, 0.5) is 0 Å². The third-order valence-electron chi connectivity index (χ3n) is 7.53. The normalized spacial score (nSPS) is 13.5. The molecule has 4 aromatic carbocycles. The molecule has 0 saturated heterocycles. The van der Waals surface area contributed by atoms with Gasteiger partial charge in [0, 0.05) is 16.5 Å². The van der Waals surface area contributed by atoms with Gasteiger partial charge in [-0.25, -0.2) is 0 Å². The first-order valence-corrected chi connectivity index (χ1v) is 12.4. The minimum atomic E-state index is 0.115. The fraction of sp³-hybridized carbons (Fsp3) is 0.273. The maximum Gasteiger partial charge on any atom is 0.0541 e. The molecule has 0 N–H and O–H groups in total. The summed E-state index contributed by atoms with van der Waals surface area (Å²) in [5, 5.41) is 2.69. The molecule has 1 nitrogen and oxygen atoms in total. The molecule has 0 amide bonds. The lowest BCUT2D eigenvalue weighted by molar-refractivity contribution is 0.590. The van der Waals surface area contributed by atoms with Gasteiger partial charge in [-0.3, -0.25) is 0 Å². The van der Waals surface area contributed by atoms with Crippen molar-refractivity contribution < 1.29 is 0 Å². The van der Waals surface area contributed by atoms with E-state index in [0.717, 1.165) is 6.42 Å². The van der Waals surface area contributed by atoms with E-state index in [9.17, 15) is 0 Å². The Hall–Kier alpha value is -3.32. The summed E-state index contributed by atoms with van der Waals surface area (Å²) in [7, 11) is 0. The third-order valence-corrected chi connectivity index (χ3v) is 7.53. The van der Waals surface area contributed by atoms with Gasteiger partial charge in [0.05, 0.1) is 11.0 Å². The molecule has 1 aromatic heterocycles. The molecule has 6 rings (SSSR count). The van der Waals surface area contributed by atoms with Crippen molar-refractivity contribution >= 4 is 21.8 Å². The lowest BCUT2D eigenvalue weighted by Crippen LogP contribution is -2.10. The van der Waals surface area contributed by atoms with E-state index in [-0.39, 0.29) is 10.8 Å². The molecule has 0 radical (unpaired) electrons. The highest BCUT2D eigenvalue weighted by atomic mass is 15.0. The Bertz CT molecular complexity index is 1510. The number of fused-ring (bicyclic) bond motifs is 6. The largest absolute Gasteiger partial charge is 0.309 e. The molecule has 0 unspecified atom stereocenters. The fourth-order valence-electron chi connectivity index (χ4n) is 5.51. The van der Waals surface area contributed by atoms with Crippen LogP contribution in [0.3, 0.4) is 0 Å². The second kappa shape index (κ2) is 7.09. The van der Waals surface area contributed by atoms with Crippen molar-refractivity contribution in [2.24, 2.45) is 0 Å². The first kappa shape index (κ1) is 21.2. The smallest absolute Gasteiger partial charge is 0.0541 e. The lowest BCUT2D eigenvalue weighted by Gasteiger charge is -2.19. The van der Waals surface area contributed by atoms with Gasteiger partial charge in [0.25, 0.3) is 0 Å². The second-order valence-corrected chi connectivity index (χ2v) is 12.0.